The molecule has 0 amide bonds. The molecule has 0 spiro atoms. The first kappa shape index (κ1) is 14.9. The van der Waals surface area contributed by atoms with Crippen LogP contribution < -0.4 is 5.73 Å². The van der Waals surface area contributed by atoms with Crippen molar-refractivity contribution < 1.29 is 22.4 Å². The van der Waals surface area contributed by atoms with Gasteiger partial charge in [-0.1, -0.05) is 12.1 Å². The normalized spacial score (nSPS) is 13.8. The smallest absolute Gasteiger partial charge is 0.372 e. The van der Waals surface area contributed by atoms with Crippen LogP contribution >= 0.6 is 0 Å². The number of aromatic nitrogens is 2. The zero-order valence-electron chi connectivity index (χ0n) is 10.0. The lowest BCUT2D eigenvalue weighted by atomic mass is 10.1. The van der Waals surface area contributed by atoms with Crippen molar-refractivity contribution in [1.82, 2.24) is 10.1 Å². The summed E-state index contributed by atoms with van der Waals surface area (Å²) in [6.07, 6.45) is -3.36. The molecule has 0 saturated carbocycles. The van der Waals surface area contributed by atoms with E-state index in [2.05, 4.69) is 14.9 Å². The Balaban J connectivity index is 2.35. The fraction of sp³-hybridized carbons (Fsp3) is 0.800. The van der Waals surface area contributed by atoms with Crippen molar-refractivity contribution in [2.75, 3.05) is 19.8 Å². The minimum atomic E-state index is -4.31. The van der Waals surface area contributed by atoms with E-state index in [9.17, 15) is 13.2 Å². The van der Waals surface area contributed by atoms with E-state index in [1.807, 2.05) is 6.92 Å². The predicted molar refractivity (Wildman–Crippen MR) is 57.0 cm³/mol. The third kappa shape index (κ3) is 5.01. The molecule has 1 aromatic heterocycles. The average molecular weight is 267 g/mol. The maximum atomic E-state index is 11.8. The van der Waals surface area contributed by atoms with Crippen molar-refractivity contribution in [3.05, 3.63) is 11.7 Å². The van der Waals surface area contributed by atoms with Gasteiger partial charge in [0, 0.05) is 13.0 Å². The summed E-state index contributed by atoms with van der Waals surface area (Å²) in [5.74, 6) is 0.743. The second kappa shape index (κ2) is 6.69. The van der Waals surface area contributed by atoms with Crippen LogP contribution in [0.4, 0.5) is 13.2 Å². The maximum absolute atomic E-state index is 11.8. The van der Waals surface area contributed by atoms with Crippen LogP contribution in [0, 0.1) is 0 Å². The second-order valence-electron chi connectivity index (χ2n) is 3.81. The summed E-state index contributed by atoms with van der Waals surface area (Å²) in [6.45, 7) is 0.965. The van der Waals surface area contributed by atoms with Crippen molar-refractivity contribution in [3.63, 3.8) is 0 Å². The molecule has 18 heavy (non-hydrogen) atoms. The van der Waals surface area contributed by atoms with E-state index in [0.29, 0.717) is 18.3 Å². The van der Waals surface area contributed by atoms with Crippen LogP contribution in [0.1, 0.15) is 31.0 Å². The molecule has 1 aromatic rings. The summed E-state index contributed by atoms with van der Waals surface area (Å²) in [5, 5.41) is 3.66. The quantitative estimate of drug-likeness (QED) is 0.760. The molecule has 1 rings (SSSR count). The summed E-state index contributed by atoms with van der Waals surface area (Å²) < 4.78 is 44.8. The van der Waals surface area contributed by atoms with Gasteiger partial charge in [-0.05, 0) is 6.42 Å². The minimum absolute atomic E-state index is 0.0117. The maximum Gasteiger partial charge on any atom is 0.411 e. The second-order valence-corrected chi connectivity index (χ2v) is 3.81. The lowest BCUT2D eigenvalue weighted by molar-refractivity contribution is -0.173. The lowest BCUT2D eigenvalue weighted by Gasteiger charge is -2.06. The fourth-order valence-electron chi connectivity index (χ4n) is 1.33. The molecule has 8 heteroatoms. The first-order valence-corrected chi connectivity index (χ1v) is 5.63. The third-order valence-corrected chi connectivity index (χ3v) is 2.35. The van der Waals surface area contributed by atoms with Crippen molar-refractivity contribution in [1.29, 1.82) is 0 Å². The van der Waals surface area contributed by atoms with Gasteiger partial charge in [0.25, 0.3) is 0 Å². The average Bonchev–Trinajstić information content (AvgIpc) is 2.74. The van der Waals surface area contributed by atoms with Crippen LogP contribution in [0.15, 0.2) is 4.52 Å². The van der Waals surface area contributed by atoms with Crippen LogP contribution in [-0.2, 0) is 11.2 Å². The number of nitrogens with two attached hydrogens (primary N) is 1. The minimum Gasteiger partial charge on any atom is -0.372 e. The molecule has 104 valence electrons. The van der Waals surface area contributed by atoms with E-state index >= 15 is 0 Å². The number of nitrogens with zero attached hydrogens (tertiary/aromatic N) is 2. The van der Waals surface area contributed by atoms with Crippen LogP contribution in [0.5, 0.6) is 0 Å². The van der Waals surface area contributed by atoms with Crippen molar-refractivity contribution in [3.8, 4) is 0 Å². The molecule has 1 heterocycles. The van der Waals surface area contributed by atoms with E-state index in [-0.39, 0.29) is 18.9 Å². The Kier molecular flexibility index (Phi) is 5.54. The van der Waals surface area contributed by atoms with E-state index in [4.69, 9.17) is 10.3 Å². The summed E-state index contributed by atoms with van der Waals surface area (Å²) in [6, 6.07) is 0. The third-order valence-electron chi connectivity index (χ3n) is 2.35. The molecular weight excluding hydrogens is 251 g/mol. The number of alkyl halides is 3. The molecule has 0 aliphatic carbocycles. The van der Waals surface area contributed by atoms with Gasteiger partial charge in [0.1, 0.15) is 6.61 Å². The van der Waals surface area contributed by atoms with Gasteiger partial charge in [-0.3, -0.25) is 0 Å². The zero-order valence-corrected chi connectivity index (χ0v) is 10.0. The SMILES string of the molecule is CCC(CN)c1nc(CCOCC(F)(F)F)no1. The van der Waals surface area contributed by atoms with E-state index < -0.39 is 12.8 Å². The predicted octanol–water partition coefficient (Wildman–Crippen LogP) is 1.64. The Hall–Kier alpha value is -1.15. The fourth-order valence-corrected chi connectivity index (χ4v) is 1.33. The summed E-state index contributed by atoms with van der Waals surface area (Å²) >= 11 is 0. The summed E-state index contributed by atoms with van der Waals surface area (Å²) in [7, 11) is 0. The van der Waals surface area contributed by atoms with Crippen LogP contribution in [-0.4, -0.2) is 36.1 Å². The van der Waals surface area contributed by atoms with Gasteiger partial charge in [-0.15, -0.1) is 0 Å². The number of rotatable bonds is 7. The molecule has 0 fully saturated rings. The van der Waals surface area contributed by atoms with Gasteiger partial charge >= 0.3 is 6.18 Å². The number of halogens is 3. The number of hydrogen-bond acceptors (Lipinski definition) is 5. The number of ether oxygens (including phenoxy) is 1. The molecule has 0 radical (unpaired) electrons. The van der Waals surface area contributed by atoms with Gasteiger partial charge in [-0.25, -0.2) is 0 Å². The lowest BCUT2D eigenvalue weighted by Crippen LogP contribution is -2.18. The van der Waals surface area contributed by atoms with E-state index in [0.717, 1.165) is 6.42 Å². The summed E-state index contributed by atoms with van der Waals surface area (Å²) in [5.41, 5.74) is 5.52. The van der Waals surface area contributed by atoms with Crippen molar-refractivity contribution in [2.24, 2.45) is 5.73 Å². The van der Waals surface area contributed by atoms with Crippen molar-refractivity contribution in [2.45, 2.75) is 31.9 Å². The molecule has 0 bridgehead atoms. The van der Waals surface area contributed by atoms with Gasteiger partial charge in [-0.2, -0.15) is 18.2 Å². The first-order chi connectivity index (χ1) is 8.46. The highest BCUT2D eigenvalue weighted by Crippen LogP contribution is 2.16. The largest absolute Gasteiger partial charge is 0.411 e. The standard InChI is InChI=1S/C10H16F3N3O2/c1-2-7(5-14)9-15-8(16-18-9)3-4-17-6-10(11,12)13/h7H,2-6,14H2,1H3. The Morgan fingerprint density at radius 2 is 2.17 bits per heavy atom. The zero-order chi connectivity index (χ0) is 13.6. The monoisotopic (exact) mass is 267 g/mol. The number of hydrogen-bond donors (Lipinski definition) is 1. The first-order valence-electron chi connectivity index (χ1n) is 5.63. The molecule has 2 N–H and O–H groups in total. The van der Waals surface area contributed by atoms with Crippen LogP contribution in [0.3, 0.4) is 0 Å². The molecule has 0 aromatic carbocycles. The molecule has 5 nitrogen and oxygen atoms in total. The Morgan fingerprint density at radius 1 is 1.44 bits per heavy atom. The van der Waals surface area contributed by atoms with E-state index in [1.165, 1.54) is 0 Å². The van der Waals surface area contributed by atoms with Gasteiger partial charge in [0.2, 0.25) is 5.89 Å². The molecule has 0 aliphatic heterocycles. The topological polar surface area (TPSA) is 74.2 Å². The van der Waals surface area contributed by atoms with Crippen molar-refractivity contribution >= 4 is 0 Å². The van der Waals surface area contributed by atoms with Crippen LogP contribution in [0.25, 0.3) is 0 Å². The highest BCUT2D eigenvalue weighted by Gasteiger charge is 2.27. The van der Waals surface area contributed by atoms with Crippen LogP contribution in [0.2, 0.25) is 0 Å². The van der Waals surface area contributed by atoms with E-state index in [1.54, 1.807) is 0 Å². The highest BCUT2D eigenvalue weighted by atomic mass is 19.4. The molecule has 0 saturated heterocycles. The highest BCUT2D eigenvalue weighted by molar-refractivity contribution is 4.94. The molecule has 0 aliphatic rings. The Morgan fingerprint density at radius 3 is 2.72 bits per heavy atom. The Labute approximate surface area is 102 Å². The van der Waals surface area contributed by atoms with Gasteiger partial charge < -0.3 is 15.0 Å². The molecular formula is C10H16F3N3O2. The molecule has 1 unspecified atom stereocenters. The Bertz CT molecular complexity index is 350. The van der Waals surface area contributed by atoms with Gasteiger partial charge in [0.05, 0.1) is 12.5 Å². The summed E-state index contributed by atoms with van der Waals surface area (Å²) in [4.78, 5) is 4.07. The van der Waals surface area contributed by atoms with Gasteiger partial charge in [0.15, 0.2) is 5.82 Å². The molecule has 1 atom stereocenters.